The molecule has 2 aromatic rings. The zero-order valence-corrected chi connectivity index (χ0v) is 18.5. The third-order valence-corrected chi connectivity index (χ3v) is 6.67. The number of ether oxygens (including phenoxy) is 2. The highest BCUT2D eigenvalue weighted by molar-refractivity contribution is 7.90. The number of benzene rings is 2. The van der Waals surface area contributed by atoms with Crippen LogP contribution in [0, 0.1) is 0 Å². The number of sulfone groups is 1. The normalized spacial score (nSPS) is 19.2. The largest absolute Gasteiger partial charge is 0.493 e. The molecular weight excluding hydrogens is 402 g/mol. The van der Waals surface area contributed by atoms with Crippen molar-refractivity contribution in [3.05, 3.63) is 53.6 Å². The van der Waals surface area contributed by atoms with Crippen molar-refractivity contribution >= 4 is 15.7 Å². The SMILES string of the molecule is CCOc1cc(C2CCCCC2NC(=O)c2ccc(S(C)(=O)=O)cc2)ccc1OC. The molecule has 0 aliphatic heterocycles. The summed E-state index contributed by atoms with van der Waals surface area (Å²) in [6.45, 7) is 2.49. The van der Waals surface area contributed by atoms with Crippen molar-refractivity contribution in [2.24, 2.45) is 0 Å². The third kappa shape index (κ3) is 5.14. The van der Waals surface area contributed by atoms with E-state index in [1.54, 1.807) is 19.2 Å². The minimum absolute atomic E-state index is 0.00343. The first-order chi connectivity index (χ1) is 14.3. The summed E-state index contributed by atoms with van der Waals surface area (Å²) in [5.74, 6) is 1.40. The number of carbonyl (C=O) groups is 1. The fraction of sp³-hybridized carbons (Fsp3) is 0.435. The Morgan fingerprint density at radius 1 is 1.07 bits per heavy atom. The summed E-state index contributed by atoms with van der Waals surface area (Å²) >= 11 is 0. The second-order valence-electron chi connectivity index (χ2n) is 7.61. The van der Waals surface area contributed by atoms with E-state index in [1.165, 1.54) is 12.1 Å². The lowest BCUT2D eigenvalue weighted by molar-refractivity contribution is 0.0920. The molecule has 3 rings (SSSR count). The highest BCUT2D eigenvalue weighted by atomic mass is 32.2. The van der Waals surface area contributed by atoms with Crippen LogP contribution in [0.4, 0.5) is 0 Å². The molecule has 2 aromatic carbocycles. The highest BCUT2D eigenvalue weighted by Crippen LogP contribution is 2.37. The Kier molecular flexibility index (Phi) is 7.02. The number of rotatable bonds is 7. The molecule has 7 heteroatoms. The maximum absolute atomic E-state index is 12.8. The summed E-state index contributed by atoms with van der Waals surface area (Å²) in [5.41, 5.74) is 1.58. The Morgan fingerprint density at radius 3 is 2.40 bits per heavy atom. The molecule has 0 saturated heterocycles. The lowest BCUT2D eigenvalue weighted by Crippen LogP contribution is -2.41. The average molecular weight is 432 g/mol. The maximum atomic E-state index is 12.8. The van der Waals surface area contributed by atoms with Crippen molar-refractivity contribution in [1.29, 1.82) is 0 Å². The van der Waals surface area contributed by atoms with Gasteiger partial charge in [0.1, 0.15) is 0 Å². The molecule has 0 radical (unpaired) electrons. The van der Waals surface area contributed by atoms with Crippen LogP contribution >= 0.6 is 0 Å². The van der Waals surface area contributed by atoms with E-state index in [0.29, 0.717) is 23.7 Å². The van der Waals surface area contributed by atoms with E-state index in [4.69, 9.17) is 9.47 Å². The molecule has 1 saturated carbocycles. The Balaban J connectivity index is 1.79. The molecule has 0 bridgehead atoms. The van der Waals surface area contributed by atoms with Gasteiger partial charge in [-0.05, 0) is 61.7 Å². The zero-order valence-electron chi connectivity index (χ0n) is 17.7. The first-order valence-electron chi connectivity index (χ1n) is 10.2. The van der Waals surface area contributed by atoms with Crippen molar-refractivity contribution in [2.75, 3.05) is 20.0 Å². The Hall–Kier alpha value is -2.54. The number of methoxy groups -OCH3 is 1. The van der Waals surface area contributed by atoms with Crippen molar-refractivity contribution in [2.45, 2.75) is 49.5 Å². The van der Waals surface area contributed by atoms with Crippen LogP contribution in [-0.4, -0.2) is 40.3 Å². The van der Waals surface area contributed by atoms with Crippen molar-refractivity contribution < 1.29 is 22.7 Å². The van der Waals surface area contributed by atoms with E-state index in [0.717, 1.165) is 37.5 Å². The van der Waals surface area contributed by atoms with Crippen molar-refractivity contribution in [1.82, 2.24) is 5.32 Å². The lowest BCUT2D eigenvalue weighted by atomic mass is 9.79. The van der Waals surface area contributed by atoms with Gasteiger partial charge in [0.05, 0.1) is 18.6 Å². The van der Waals surface area contributed by atoms with E-state index in [1.807, 2.05) is 25.1 Å². The van der Waals surface area contributed by atoms with Gasteiger partial charge in [0, 0.05) is 23.8 Å². The Labute approximate surface area is 178 Å². The number of hydrogen-bond donors (Lipinski definition) is 1. The summed E-state index contributed by atoms with van der Waals surface area (Å²) < 4.78 is 34.4. The van der Waals surface area contributed by atoms with Crippen LogP contribution in [0.25, 0.3) is 0 Å². The Morgan fingerprint density at radius 2 is 1.77 bits per heavy atom. The molecule has 6 nitrogen and oxygen atoms in total. The molecule has 2 unspecified atom stereocenters. The van der Waals surface area contributed by atoms with E-state index in [-0.39, 0.29) is 22.8 Å². The van der Waals surface area contributed by atoms with Gasteiger partial charge in [-0.25, -0.2) is 8.42 Å². The summed E-state index contributed by atoms with van der Waals surface area (Å²) in [6.07, 6.45) is 5.20. The summed E-state index contributed by atoms with van der Waals surface area (Å²) in [4.78, 5) is 13.0. The minimum atomic E-state index is -3.29. The van der Waals surface area contributed by atoms with Gasteiger partial charge in [0.2, 0.25) is 0 Å². The molecule has 30 heavy (non-hydrogen) atoms. The fourth-order valence-corrected chi connectivity index (χ4v) is 4.63. The molecule has 1 amide bonds. The first kappa shape index (κ1) is 22.2. The van der Waals surface area contributed by atoms with E-state index in [9.17, 15) is 13.2 Å². The number of nitrogens with one attached hydrogen (secondary N) is 1. The van der Waals surface area contributed by atoms with Crippen LogP contribution in [0.15, 0.2) is 47.4 Å². The smallest absolute Gasteiger partial charge is 0.251 e. The minimum Gasteiger partial charge on any atom is -0.493 e. The highest BCUT2D eigenvalue weighted by Gasteiger charge is 2.29. The van der Waals surface area contributed by atoms with E-state index < -0.39 is 9.84 Å². The lowest BCUT2D eigenvalue weighted by Gasteiger charge is -2.33. The molecule has 0 heterocycles. The Bertz CT molecular complexity index is 985. The summed E-state index contributed by atoms with van der Waals surface area (Å²) in [5, 5.41) is 3.16. The standard InChI is InChI=1S/C23H29NO5S/c1-4-29-22-15-17(11-14-21(22)28-2)19-7-5-6-8-20(19)24-23(25)16-9-12-18(13-10-16)30(3,26)27/h9-15,19-20H,4-8H2,1-3H3,(H,24,25). The number of carbonyl (C=O) groups excluding carboxylic acids is 1. The maximum Gasteiger partial charge on any atom is 0.251 e. The molecule has 1 N–H and O–H groups in total. The number of amides is 1. The van der Waals surface area contributed by atoms with Crippen LogP contribution in [0.3, 0.4) is 0 Å². The fourth-order valence-electron chi connectivity index (χ4n) is 4.00. The van der Waals surface area contributed by atoms with Gasteiger partial charge >= 0.3 is 0 Å². The van der Waals surface area contributed by atoms with E-state index >= 15 is 0 Å². The van der Waals surface area contributed by atoms with Gasteiger partial charge in [0.25, 0.3) is 5.91 Å². The van der Waals surface area contributed by atoms with Gasteiger partial charge in [-0.2, -0.15) is 0 Å². The van der Waals surface area contributed by atoms with Gasteiger partial charge in [-0.15, -0.1) is 0 Å². The topological polar surface area (TPSA) is 81.7 Å². The monoisotopic (exact) mass is 431 g/mol. The van der Waals surface area contributed by atoms with Crippen molar-refractivity contribution in [3.63, 3.8) is 0 Å². The molecule has 1 aliphatic rings. The van der Waals surface area contributed by atoms with Crippen LogP contribution in [0.1, 0.15) is 54.4 Å². The van der Waals surface area contributed by atoms with Crippen molar-refractivity contribution in [3.8, 4) is 11.5 Å². The number of hydrogen-bond acceptors (Lipinski definition) is 5. The quantitative estimate of drug-likeness (QED) is 0.718. The summed E-state index contributed by atoms with van der Waals surface area (Å²) in [6, 6.07) is 12.0. The molecule has 1 fully saturated rings. The van der Waals surface area contributed by atoms with Gasteiger partial charge in [-0.3, -0.25) is 4.79 Å². The molecule has 1 aliphatic carbocycles. The molecule has 0 spiro atoms. The second-order valence-corrected chi connectivity index (χ2v) is 9.63. The van der Waals surface area contributed by atoms with Crippen LogP contribution in [0.2, 0.25) is 0 Å². The second kappa shape index (κ2) is 9.51. The zero-order chi connectivity index (χ0) is 21.7. The predicted molar refractivity (Wildman–Crippen MR) is 116 cm³/mol. The predicted octanol–water partition coefficient (Wildman–Crippen LogP) is 3.95. The van der Waals surface area contributed by atoms with Crippen LogP contribution in [-0.2, 0) is 9.84 Å². The van der Waals surface area contributed by atoms with Gasteiger partial charge in [-0.1, -0.05) is 18.9 Å². The molecule has 0 aromatic heterocycles. The average Bonchev–Trinajstić information content (AvgIpc) is 2.74. The summed E-state index contributed by atoms with van der Waals surface area (Å²) in [7, 11) is -1.66. The van der Waals surface area contributed by atoms with E-state index in [2.05, 4.69) is 5.32 Å². The van der Waals surface area contributed by atoms with Crippen LogP contribution < -0.4 is 14.8 Å². The van der Waals surface area contributed by atoms with Gasteiger partial charge < -0.3 is 14.8 Å². The molecule has 2 atom stereocenters. The molecule has 162 valence electrons. The van der Waals surface area contributed by atoms with Crippen LogP contribution in [0.5, 0.6) is 11.5 Å². The first-order valence-corrected chi connectivity index (χ1v) is 12.1. The third-order valence-electron chi connectivity index (χ3n) is 5.54. The van der Waals surface area contributed by atoms with Gasteiger partial charge in [0.15, 0.2) is 21.3 Å². The molecular formula is C23H29NO5S.